The molecule has 1 amide bonds. The second-order valence-electron chi connectivity index (χ2n) is 9.77. The third-order valence-corrected chi connectivity index (χ3v) is 6.98. The second-order valence-corrected chi connectivity index (χ2v) is 10.2. The van der Waals surface area contributed by atoms with Crippen molar-refractivity contribution in [1.29, 1.82) is 0 Å². The fourth-order valence-corrected chi connectivity index (χ4v) is 4.97. The van der Waals surface area contributed by atoms with Crippen molar-refractivity contribution < 1.29 is 23.8 Å². The molecule has 4 N–H and O–H groups in total. The third-order valence-electron chi connectivity index (χ3n) is 6.71. The predicted octanol–water partition coefficient (Wildman–Crippen LogP) is 4.96. The van der Waals surface area contributed by atoms with Crippen molar-refractivity contribution in [2.75, 3.05) is 44.0 Å². The Hall–Kier alpha value is -3.22. The number of nitrogen functional groups attached to an aromatic ring is 1. The topological polar surface area (TPSA) is 141 Å². The highest BCUT2D eigenvalue weighted by atomic mass is 35.5. The van der Waals surface area contributed by atoms with Gasteiger partial charge in [0.2, 0.25) is 11.9 Å². The second kappa shape index (κ2) is 15.1. The molecule has 3 heterocycles. The molecule has 1 saturated carbocycles. The summed E-state index contributed by atoms with van der Waals surface area (Å²) in [4.78, 5) is 25.5. The number of ether oxygens (including phenoxy) is 2. The van der Waals surface area contributed by atoms with Crippen molar-refractivity contribution in [3.05, 3.63) is 29.2 Å². The quantitative estimate of drug-likeness (QED) is 0.383. The summed E-state index contributed by atoms with van der Waals surface area (Å²) in [5.74, 6) is 0.401. The molecule has 2 fully saturated rings. The number of nitrogens with two attached hydrogens (primary N) is 1. The van der Waals surface area contributed by atoms with Crippen LogP contribution in [-0.2, 0) is 9.47 Å². The zero-order chi connectivity index (χ0) is 30.1. The average Bonchev–Trinajstić information content (AvgIpc) is 3.38. The molecule has 5 rings (SSSR count). The molecule has 2 aromatic heterocycles. The molecule has 41 heavy (non-hydrogen) atoms. The number of alkyl carbamates (subject to hydrolysis) is 1. The van der Waals surface area contributed by atoms with E-state index in [1.54, 1.807) is 0 Å². The van der Waals surface area contributed by atoms with E-state index in [2.05, 4.69) is 25.2 Å². The minimum absolute atomic E-state index is 0.0845. The smallest absolute Gasteiger partial charge is 0.407 e. The molecule has 1 aromatic carbocycles. The van der Waals surface area contributed by atoms with Crippen LogP contribution in [0.25, 0.3) is 22.3 Å². The molecular formula is C28H41ClFN7O4. The van der Waals surface area contributed by atoms with Gasteiger partial charge in [0.05, 0.1) is 41.7 Å². The molecule has 2 atom stereocenters. The molecule has 13 heteroatoms. The molecule has 2 aliphatic rings. The van der Waals surface area contributed by atoms with Gasteiger partial charge in [0.25, 0.3) is 0 Å². The maximum atomic E-state index is 15.0. The normalized spacial score (nSPS) is 18.7. The number of nitrogens with zero attached hydrogens (tertiary/aromatic N) is 5. The van der Waals surface area contributed by atoms with Crippen LogP contribution in [-0.4, -0.2) is 76.3 Å². The van der Waals surface area contributed by atoms with Crippen LogP contribution in [0.1, 0.15) is 59.4 Å². The molecule has 0 bridgehead atoms. The molecular weight excluding hydrogens is 553 g/mol. The Morgan fingerprint density at radius 2 is 1.90 bits per heavy atom. The van der Waals surface area contributed by atoms with Gasteiger partial charge in [0.15, 0.2) is 5.82 Å². The third kappa shape index (κ3) is 7.96. The van der Waals surface area contributed by atoms with E-state index < -0.39 is 18.0 Å². The SMILES string of the molecule is CC.CC(C)n1c(N2CCOCC2)nc2c(F)cc(-c3nc(N)ncc3Cl)cc21.CNC(=O)OC1CCCCC1O. The number of anilines is 2. The van der Waals surface area contributed by atoms with Crippen LogP contribution < -0.4 is 16.0 Å². The Bertz CT molecular complexity index is 1300. The van der Waals surface area contributed by atoms with Gasteiger partial charge in [-0.25, -0.2) is 24.1 Å². The van der Waals surface area contributed by atoms with Crippen LogP contribution in [0.3, 0.4) is 0 Å². The van der Waals surface area contributed by atoms with Crippen molar-refractivity contribution in [3.63, 3.8) is 0 Å². The Morgan fingerprint density at radius 1 is 1.22 bits per heavy atom. The number of carbonyl (C=O) groups excluding carboxylic acids is 1. The van der Waals surface area contributed by atoms with Gasteiger partial charge in [-0.1, -0.05) is 31.9 Å². The van der Waals surface area contributed by atoms with Crippen molar-refractivity contribution in [2.45, 2.75) is 71.6 Å². The minimum Gasteiger partial charge on any atom is -0.443 e. The van der Waals surface area contributed by atoms with Crippen molar-refractivity contribution in [1.82, 2.24) is 24.8 Å². The summed E-state index contributed by atoms with van der Waals surface area (Å²) in [7, 11) is 1.51. The van der Waals surface area contributed by atoms with Gasteiger partial charge in [-0.15, -0.1) is 0 Å². The van der Waals surface area contributed by atoms with Crippen LogP contribution in [0.4, 0.5) is 21.1 Å². The van der Waals surface area contributed by atoms with Gasteiger partial charge in [0.1, 0.15) is 11.6 Å². The first-order valence-electron chi connectivity index (χ1n) is 14.1. The lowest BCUT2D eigenvalue weighted by molar-refractivity contribution is -0.0205. The number of aromatic nitrogens is 4. The van der Waals surface area contributed by atoms with Crippen LogP contribution in [0.5, 0.6) is 0 Å². The average molecular weight is 594 g/mol. The monoisotopic (exact) mass is 593 g/mol. The summed E-state index contributed by atoms with van der Waals surface area (Å²) in [6.07, 6.45) is 3.74. The van der Waals surface area contributed by atoms with E-state index in [4.69, 9.17) is 26.8 Å². The fraction of sp³-hybridized carbons (Fsp3) is 0.571. The number of hydrogen-bond acceptors (Lipinski definition) is 9. The number of benzene rings is 1. The van der Waals surface area contributed by atoms with Crippen molar-refractivity contribution in [2.24, 2.45) is 0 Å². The molecule has 0 radical (unpaired) electrons. The summed E-state index contributed by atoms with van der Waals surface area (Å²) in [5.41, 5.74) is 7.63. The van der Waals surface area contributed by atoms with Crippen LogP contribution in [0.15, 0.2) is 18.3 Å². The number of carbonyl (C=O) groups is 1. The molecule has 11 nitrogen and oxygen atoms in total. The number of amides is 1. The van der Waals surface area contributed by atoms with Gasteiger partial charge in [-0.2, -0.15) is 0 Å². The summed E-state index contributed by atoms with van der Waals surface area (Å²) < 4.78 is 27.4. The largest absolute Gasteiger partial charge is 0.443 e. The molecule has 1 aliphatic heterocycles. The van der Waals surface area contributed by atoms with Gasteiger partial charge in [-0.3, -0.25) is 0 Å². The van der Waals surface area contributed by atoms with E-state index in [1.165, 1.54) is 19.3 Å². The van der Waals surface area contributed by atoms with Crippen LogP contribution in [0.2, 0.25) is 5.02 Å². The number of nitrogens with one attached hydrogen (secondary N) is 1. The predicted molar refractivity (Wildman–Crippen MR) is 159 cm³/mol. The molecule has 226 valence electrons. The molecule has 1 aliphatic carbocycles. The highest BCUT2D eigenvalue weighted by molar-refractivity contribution is 6.33. The number of aliphatic hydroxyl groups is 1. The highest BCUT2D eigenvalue weighted by Gasteiger charge is 2.26. The van der Waals surface area contributed by atoms with E-state index in [0.29, 0.717) is 40.5 Å². The Balaban J connectivity index is 0.000000278. The highest BCUT2D eigenvalue weighted by Crippen LogP contribution is 2.34. The first-order valence-corrected chi connectivity index (χ1v) is 14.5. The van der Waals surface area contributed by atoms with Crippen LogP contribution in [0, 0.1) is 5.82 Å². The van der Waals surface area contributed by atoms with E-state index in [-0.39, 0.29) is 18.1 Å². The zero-order valence-corrected chi connectivity index (χ0v) is 25.1. The number of halogens is 2. The van der Waals surface area contributed by atoms with Crippen LogP contribution >= 0.6 is 11.6 Å². The lowest BCUT2D eigenvalue weighted by atomic mass is 9.95. The number of morpholine rings is 1. The Kier molecular flexibility index (Phi) is 11.9. The maximum Gasteiger partial charge on any atom is 0.407 e. The van der Waals surface area contributed by atoms with Gasteiger partial charge in [-0.05, 0) is 45.2 Å². The van der Waals surface area contributed by atoms with E-state index in [0.717, 1.165) is 44.7 Å². The summed E-state index contributed by atoms with van der Waals surface area (Å²) in [5, 5.41) is 12.1. The van der Waals surface area contributed by atoms with Gasteiger partial charge in [0, 0.05) is 31.7 Å². The zero-order valence-electron chi connectivity index (χ0n) is 24.4. The number of hydrogen-bond donors (Lipinski definition) is 3. The standard InChI is InChI=1S/C18H20ClFN6O.C8H15NO3.C2H6/c1-10(2)26-14-8-11(15-12(19)9-22-17(21)23-15)7-13(20)16(14)24-18(26)25-3-5-27-6-4-25;1-9-8(11)12-7-5-3-2-4-6(7)10;1-2/h7-10H,3-6H2,1-2H3,(H2,21,22,23);6-7,10H,2-5H2,1H3,(H,9,11);1-2H3. The summed E-state index contributed by atoms with van der Waals surface area (Å²) in [6, 6.07) is 3.33. The van der Waals surface area contributed by atoms with E-state index >= 15 is 0 Å². The first kappa shape index (κ1) is 32.3. The van der Waals surface area contributed by atoms with E-state index in [9.17, 15) is 14.3 Å². The Morgan fingerprint density at radius 3 is 2.54 bits per heavy atom. The fourth-order valence-electron chi connectivity index (χ4n) is 4.77. The molecule has 0 spiro atoms. The summed E-state index contributed by atoms with van der Waals surface area (Å²) in [6.45, 7) is 10.8. The van der Waals surface area contributed by atoms with Crippen molar-refractivity contribution >= 4 is 40.6 Å². The number of aliphatic hydroxyl groups excluding tert-OH is 1. The molecule has 1 saturated heterocycles. The Labute approximate surface area is 245 Å². The molecule has 2 unspecified atom stereocenters. The maximum absolute atomic E-state index is 15.0. The first-order chi connectivity index (χ1) is 19.7. The van der Waals surface area contributed by atoms with Gasteiger partial charge >= 0.3 is 6.09 Å². The summed E-state index contributed by atoms with van der Waals surface area (Å²) >= 11 is 6.22. The number of rotatable bonds is 4. The number of fused-ring (bicyclic) bond motifs is 1. The van der Waals surface area contributed by atoms with Crippen molar-refractivity contribution in [3.8, 4) is 11.3 Å². The van der Waals surface area contributed by atoms with Gasteiger partial charge < -0.3 is 35.1 Å². The number of imidazole rings is 1. The van der Waals surface area contributed by atoms with E-state index in [1.807, 2.05) is 38.3 Å². The lowest BCUT2D eigenvalue weighted by Gasteiger charge is -2.29. The molecule has 3 aromatic rings. The lowest BCUT2D eigenvalue weighted by Crippen LogP contribution is -2.38. The minimum atomic E-state index is -0.476.